The van der Waals surface area contributed by atoms with Gasteiger partial charge in [0, 0.05) is 22.0 Å². The number of hydrogen-bond acceptors (Lipinski definition) is 4. The number of thioether (sulfide) groups is 1. The van der Waals surface area contributed by atoms with Gasteiger partial charge in [0.15, 0.2) is 11.0 Å². The molecule has 6 heteroatoms. The number of ether oxygens (including phenoxy) is 1. The summed E-state index contributed by atoms with van der Waals surface area (Å²) in [6.07, 6.45) is 0. The van der Waals surface area contributed by atoms with Crippen LogP contribution in [-0.2, 0) is 5.75 Å². The number of hydrogen-bond donors (Lipinski definition) is 0. The minimum Gasteiger partial charge on any atom is -0.497 e. The molecule has 0 spiro atoms. The molecule has 0 saturated heterocycles. The van der Waals surface area contributed by atoms with Crippen LogP contribution >= 0.6 is 23.4 Å². The number of methoxy groups -OCH3 is 1. The van der Waals surface area contributed by atoms with Crippen molar-refractivity contribution in [2.75, 3.05) is 7.11 Å². The van der Waals surface area contributed by atoms with E-state index in [0.717, 1.165) is 33.7 Å². The van der Waals surface area contributed by atoms with Gasteiger partial charge in [-0.05, 0) is 61.0 Å². The van der Waals surface area contributed by atoms with Gasteiger partial charge in [0.05, 0.1) is 7.11 Å². The summed E-state index contributed by atoms with van der Waals surface area (Å²) in [5.41, 5.74) is 4.44. The summed E-state index contributed by atoms with van der Waals surface area (Å²) in [6.45, 7) is 2.09. The Morgan fingerprint density at radius 3 is 2.24 bits per heavy atom. The van der Waals surface area contributed by atoms with E-state index in [1.54, 1.807) is 18.9 Å². The van der Waals surface area contributed by atoms with Crippen molar-refractivity contribution in [2.45, 2.75) is 17.8 Å². The minimum absolute atomic E-state index is 0.693. The molecule has 1 heterocycles. The lowest BCUT2D eigenvalue weighted by Crippen LogP contribution is -2.00. The maximum Gasteiger partial charge on any atom is 0.196 e. The molecule has 4 nitrogen and oxygen atoms in total. The number of benzene rings is 3. The van der Waals surface area contributed by atoms with E-state index in [4.69, 9.17) is 16.3 Å². The molecule has 146 valence electrons. The quantitative estimate of drug-likeness (QED) is 0.347. The van der Waals surface area contributed by atoms with Crippen molar-refractivity contribution in [2.24, 2.45) is 0 Å². The van der Waals surface area contributed by atoms with Crippen molar-refractivity contribution in [3.63, 3.8) is 0 Å². The van der Waals surface area contributed by atoms with Gasteiger partial charge < -0.3 is 4.74 Å². The highest BCUT2D eigenvalue weighted by atomic mass is 35.5. The average molecular weight is 422 g/mol. The summed E-state index contributed by atoms with van der Waals surface area (Å²) in [4.78, 5) is 0. The first-order chi connectivity index (χ1) is 14.1. The second kappa shape index (κ2) is 8.72. The molecule has 4 aromatic rings. The smallest absolute Gasteiger partial charge is 0.196 e. The highest BCUT2D eigenvalue weighted by Crippen LogP contribution is 2.31. The fourth-order valence-corrected chi connectivity index (χ4v) is 3.98. The SMILES string of the molecule is COc1ccc(-n2c(SCc3ccc(C)cc3)nnc2-c2ccc(Cl)cc2)cc1. The van der Waals surface area contributed by atoms with Gasteiger partial charge in [-0.25, -0.2) is 0 Å². The number of nitrogens with zero attached hydrogens (tertiary/aromatic N) is 3. The molecule has 0 saturated carbocycles. The molecule has 0 aliphatic rings. The molecule has 1 aromatic heterocycles. The van der Waals surface area contributed by atoms with Crippen LogP contribution < -0.4 is 4.74 Å². The van der Waals surface area contributed by atoms with Crippen LogP contribution in [0.5, 0.6) is 5.75 Å². The Balaban J connectivity index is 1.71. The van der Waals surface area contributed by atoms with Gasteiger partial charge in [-0.1, -0.05) is 53.2 Å². The lowest BCUT2D eigenvalue weighted by Gasteiger charge is -2.11. The van der Waals surface area contributed by atoms with Crippen LogP contribution in [0.2, 0.25) is 5.02 Å². The van der Waals surface area contributed by atoms with Gasteiger partial charge in [0.1, 0.15) is 5.75 Å². The van der Waals surface area contributed by atoms with Crippen molar-refractivity contribution in [3.8, 4) is 22.8 Å². The van der Waals surface area contributed by atoms with Crippen molar-refractivity contribution in [3.05, 3.63) is 88.9 Å². The Morgan fingerprint density at radius 1 is 0.897 bits per heavy atom. The van der Waals surface area contributed by atoms with E-state index in [1.807, 2.05) is 48.5 Å². The van der Waals surface area contributed by atoms with E-state index in [0.29, 0.717) is 5.02 Å². The summed E-state index contributed by atoms with van der Waals surface area (Å²) in [7, 11) is 1.66. The van der Waals surface area contributed by atoms with Crippen LogP contribution in [0.15, 0.2) is 78.0 Å². The highest BCUT2D eigenvalue weighted by molar-refractivity contribution is 7.98. The fraction of sp³-hybridized carbons (Fsp3) is 0.130. The molecule has 0 aliphatic carbocycles. The Hall–Kier alpha value is -2.76. The van der Waals surface area contributed by atoms with Crippen LogP contribution in [0.4, 0.5) is 0 Å². The van der Waals surface area contributed by atoms with E-state index in [9.17, 15) is 0 Å². The van der Waals surface area contributed by atoms with Gasteiger partial charge in [0.2, 0.25) is 0 Å². The molecule has 3 aromatic carbocycles. The molecule has 0 bridgehead atoms. The Labute approximate surface area is 179 Å². The van der Waals surface area contributed by atoms with Crippen molar-refractivity contribution < 1.29 is 4.74 Å². The fourth-order valence-electron chi connectivity index (χ4n) is 2.95. The molecule has 0 radical (unpaired) electrons. The Bertz CT molecular complexity index is 1090. The maximum atomic E-state index is 6.06. The number of aromatic nitrogens is 3. The van der Waals surface area contributed by atoms with Gasteiger partial charge in [-0.2, -0.15) is 0 Å². The zero-order valence-corrected chi connectivity index (χ0v) is 17.7. The van der Waals surface area contributed by atoms with Crippen molar-refractivity contribution in [1.29, 1.82) is 0 Å². The summed E-state index contributed by atoms with van der Waals surface area (Å²) >= 11 is 7.72. The first kappa shape index (κ1) is 19.6. The lowest BCUT2D eigenvalue weighted by atomic mass is 10.2. The van der Waals surface area contributed by atoms with Crippen LogP contribution in [0.1, 0.15) is 11.1 Å². The standard InChI is InChI=1S/C23H20ClN3OS/c1-16-3-5-17(6-4-16)15-29-23-26-25-22(18-7-9-19(24)10-8-18)27(23)20-11-13-21(28-2)14-12-20/h3-14H,15H2,1-2H3. The molecule has 0 aliphatic heterocycles. The summed E-state index contributed by atoms with van der Waals surface area (Å²) < 4.78 is 7.37. The Morgan fingerprint density at radius 2 is 1.59 bits per heavy atom. The average Bonchev–Trinajstić information content (AvgIpc) is 3.18. The van der Waals surface area contributed by atoms with Gasteiger partial charge >= 0.3 is 0 Å². The second-order valence-corrected chi connectivity index (χ2v) is 8.00. The topological polar surface area (TPSA) is 39.9 Å². The molecule has 29 heavy (non-hydrogen) atoms. The third-order valence-corrected chi connectivity index (χ3v) is 5.81. The number of rotatable bonds is 6. The highest BCUT2D eigenvalue weighted by Gasteiger charge is 2.16. The Kier molecular flexibility index (Phi) is 5.88. The maximum absolute atomic E-state index is 6.06. The molecular formula is C23H20ClN3OS. The third-order valence-electron chi connectivity index (χ3n) is 4.55. The zero-order chi connectivity index (χ0) is 20.2. The largest absolute Gasteiger partial charge is 0.497 e. The zero-order valence-electron chi connectivity index (χ0n) is 16.2. The molecule has 0 atom stereocenters. The number of aryl methyl sites for hydroxylation is 1. The molecule has 0 fully saturated rings. The molecule has 0 N–H and O–H groups in total. The van der Waals surface area contributed by atoms with Crippen LogP contribution in [-0.4, -0.2) is 21.9 Å². The predicted molar refractivity (Wildman–Crippen MR) is 119 cm³/mol. The van der Waals surface area contributed by atoms with E-state index in [2.05, 4.69) is 46.0 Å². The van der Waals surface area contributed by atoms with E-state index in [1.165, 1.54) is 11.1 Å². The van der Waals surface area contributed by atoms with E-state index < -0.39 is 0 Å². The minimum atomic E-state index is 0.693. The summed E-state index contributed by atoms with van der Waals surface area (Å²) in [5.74, 6) is 2.40. The first-order valence-electron chi connectivity index (χ1n) is 9.18. The van der Waals surface area contributed by atoms with Gasteiger partial charge in [0.25, 0.3) is 0 Å². The van der Waals surface area contributed by atoms with E-state index in [-0.39, 0.29) is 0 Å². The van der Waals surface area contributed by atoms with Crippen LogP contribution in [0.25, 0.3) is 17.1 Å². The van der Waals surface area contributed by atoms with Crippen molar-refractivity contribution in [1.82, 2.24) is 14.8 Å². The van der Waals surface area contributed by atoms with Gasteiger partial charge in [-0.3, -0.25) is 4.57 Å². The van der Waals surface area contributed by atoms with E-state index >= 15 is 0 Å². The summed E-state index contributed by atoms with van der Waals surface area (Å²) in [6, 6.07) is 24.1. The first-order valence-corrected chi connectivity index (χ1v) is 10.5. The normalized spacial score (nSPS) is 10.9. The number of halogens is 1. The molecule has 4 rings (SSSR count). The van der Waals surface area contributed by atoms with Crippen LogP contribution in [0, 0.1) is 6.92 Å². The van der Waals surface area contributed by atoms with Crippen molar-refractivity contribution >= 4 is 23.4 Å². The lowest BCUT2D eigenvalue weighted by molar-refractivity contribution is 0.414. The molecular weight excluding hydrogens is 402 g/mol. The monoisotopic (exact) mass is 421 g/mol. The van der Waals surface area contributed by atoms with Crippen LogP contribution in [0.3, 0.4) is 0 Å². The summed E-state index contributed by atoms with van der Waals surface area (Å²) in [5, 5.41) is 10.5. The second-order valence-electron chi connectivity index (χ2n) is 6.62. The predicted octanol–water partition coefficient (Wildman–Crippen LogP) is 6.20. The molecule has 0 unspecified atom stereocenters. The third kappa shape index (κ3) is 4.47. The molecule has 0 amide bonds. The van der Waals surface area contributed by atoms with Gasteiger partial charge in [-0.15, -0.1) is 10.2 Å².